The van der Waals surface area contributed by atoms with E-state index in [2.05, 4.69) is 5.32 Å². The van der Waals surface area contributed by atoms with Crippen molar-refractivity contribution in [3.8, 4) is 0 Å². The molecular formula is C14H25N3O4. The van der Waals surface area contributed by atoms with Gasteiger partial charge in [0.1, 0.15) is 12.1 Å². The number of rotatable bonds is 5. The molecule has 1 unspecified atom stereocenters. The zero-order valence-corrected chi connectivity index (χ0v) is 13.0. The van der Waals surface area contributed by atoms with Crippen LogP contribution in [-0.2, 0) is 9.59 Å². The Bertz CT molecular complexity index is 413. The summed E-state index contributed by atoms with van der Waals surface area (Å²) in [4.78, 5) is 38.6. The minimum Gasteiger partial charge on any atom is -0.480 e. The van der Waals surface area contributed by atoms with Crippen LogP contribution in [0.15, 0.2) is 0 Å². The van der Waals surface area contributed by atoms with Crippen LogP contribution in [-0.4, -0.2) is 65.0 Å². The van der Waals surface area contributed by atoms with E-state index in [0.717, 1.165) is 12.8 Å². The third-order valence-electron chi connectivity index (χ3n) is 3.96. The summed E-state index contributed by atoms with van der Waals surface area (Å²) < 4.78 is 0. The van der Waals surface area contributed by atoms with Gasteiger partial charge in [-0.15, -0.1) is 0 Å². The van der Waals surface area contributed by atoms with Crippen LogP contribution in [0.3, 0.4) is 0 Å². The Labute approximate surface area is 125 Å². The molecule has 0 radical (unpaired) electrons. The molecule has 1 aliphatic rings. The van der Waals surface area contributed by atoms with Crippen molar-refractivity contribution in [2.75, 3.05) is 26.7 Å². The second kappa shape index (κ2) is 7.28. The number of hydrogen-bond donors (Lipinski definition) is 2. The SMILES string of the molecule is CCCN(CC(=O)NC)C(=O)N1CCCCC1(C)C(=O)O. The fraction of sp³-hybridized carbons (Fsp3) is 0.786. The number of carbonyl (C=O) groups excluding carboxylic acids is 2. The Morgan fingerprint density at radius 3 is 2.52 bits per heavy atom. The molecule has 1 atom stereocenters. The van der Waals surface area contributed by atoms with Gasteiger partial charge in [-0.05, 0) is 32.6 Å². The molecular weight excluding hydrogens is 274 g/mol. The smallest absolute Gasteiger partial charge is 0.329 e. The lowest BCUT2D eigenvalue weighted by Gasteiger charge is -2.43. The lowest BCUT2D eigenvalue weighted by molar-refractivity contribution is -0.150. The van der Waals surface area contributed by atoms with E-state index >= 15 is 0 Å². The fourth-order valence-electron chi connectivity index (χ4n) is 2.59. The molecule has 0 aliphatic carbocycles. The van der Waals surface area contributed by atoms with Crippen LogP contribution < -0.4 is 5.32 Å². The van der Waals surface area contributed by atoms with Crippen molar-refractivity contribution in [2.45, 2.75) is 45.1 Å². The molecule has 1 heterocycles. The zero-order valence-electron chi connectivity index (χ0n) is 13.0. The largest absolute Gasteiger partial charge is 0.480 e. The molecule has 1 aliphatic heterocycles. The summed E-state index contributed by atoms with van der Waals surface area (Å²) in [6.45, 7) is 4.29. The summed E-state index contributed by atoms with van der Waals surface area (Å²) in [5.74, 6) is -1.25. The van der Waals surface area contributed by atoms with E-state index in [1.807, 2.05) is 6.92 Å². The summed E-state index contributed by atoms with van der Waals surface area (Å²) in [7, 11) is 1.51. The third kappa shape index (κ3) is 3.86. The van der Waals surface area contributed by atoms with E-state index in [1.54, 1.807) is 6.92 Å². The fourth-order valence-corrected chi connectivity index (χ4v) is 2.59. The molecule has 120 valence electrons. The molecule has 0 aromatic heterocycles. The molecule has 1 rings (SSSR count). The number of aliphatic carboxylic acids is 1. The molecule has 7 heteroatoms. The second-order valence-electron chi connectivity index (χ2n) is 5.57. The Morgan fingerprint density at radius 1 is 1.33 bits per heavy atom. The Hall–Kier alpha value is -1.79. The van der Waals surface area contributed by atoms with Gasteiger partial charge in [0, 0.05) is 20.1 Å². The van der Waals surface area contributed by atoms with Gasteiger partial charge in [-0.1, -0.05) is 6.92 Å². The molecule has 0 aromatic rings. The summed E-state index contributed by atoms with van der Waals surface area (Å²) in [6, 6.07) is -0.370. The van der Waals surface area contributed by atoms with Crippen LogP contribution in [0, 0.1) is 0 Å². The third-order valence-corrected chi connectivity index (χ3v) is 3.96. The standard InChI is InChI=1S/C14H25N3O4/c1-4-8-16(10-11(18)15-3)13(21)17-9-6-5-7-14(17,2)12(19)20/h4-10H2,1-3H3,(H,15,18)(H,19,20). The van der Waals surface area contributed by atoms with Gasteiger partial charge >= 0.3 is 12.0 Å². The quantitative estimate of drug-likeness (QED) is 0.789. The van der Waals surface area contributed by atoms with Crippen LogP contribution in [0.5, 0.6) is 0 Å². The minimum atomic E-state index is -1.19. The molecule has 1 fully saturated rings. The van der Waals surface area contributed by atoms with Crippen molar-refractivity contribution in [2.24, 2.45) is 0 Å². The van der Waals surface area contributed by atoms with Crippen molar-refractivity contribution in [3.63, 3.8) is 0 Å². The van der Waals surface area contributed by atoms with Crippen LogP contribution in [0.25, 0.3) is 0 Å². The van der Waals surface area contributed by atoms with Gasteiger partial charge in [0.25, 0.3) is 0 Å². The number of piperidine rings is 1. The van der Waals surface area contributed by atoms with Crippen LogP contribution in [0.4, 0.5) is 4.79 Å². The minimum absolute atomic E-state index is 0.0463. The average Bonchev–Trinajstić information content (AvgIpc) is 2.46. The van der Waals surface area contributed by atoms with Crippen molar-refractivity contribution >= 4 is 17.9 Å². The maximum Gasteiger partial charge on any atom is 0.329 e. The molecule has 3 amide bonds. The van der Waals surface area contributed by atoms with Gasteiger partial charge in [-0.2, -0.15) is 0 Å². The summed E-state index contributed by atoms with van der Waals surface area (Å²) in [6.07, 6.45) is 2.72. The predicted octanol–water partition coefficient (Wildman–Crippen LogP) is 0.894. The number of nitrogens with zero attached hydrogens (tertiary/aromatic N) is 2. The van der Waals surface area contributed by atoms with Crippen LogP contribution in [0.2, 0.25) is 0 Å². The summed E-state index contributed by atoms with van der Waals surface area (Å²) in [5.41, 5.74) is -1.19. The lowest BCUT2D eigenvalue weighted by Crippen LogP contribution is -2.61. The number of carboxylic acid groups (broad SMARTS) is 1. The first-order valence-corrected chi connectivity index (χ1v) is 7.37. The van der Waals surface area contributed by atoms with E-state index in [0.29, 0.717) is 25.9 Å². The number of carboxylic acids is 1. The number of likely N-dealkylation sites (N-methyl/N-ethyl adjacent to an activating group) is 1. The number of nitrogens with one attached hydrogen (secondary N) is 1. The Kier molecular flexibility index (Phi) is 5.99. The number of likely N-dealkylation sites (tertiary alicyclic amines) is 1. The van der Waals surface area contributed by atoms with Gasteiger partial charge in [-0.3, -0.25) is 4.79 Å². The molecule has 0 saturated carbocycles. The topological polar surface area (TPSA) is 90.0 Å². The summed E-state index contributed by atoms with van der Waals surface area (Å²) >= 11 is 0. The maximum absolute atomic E-state index is 12.7. The number of hydrogen-bond acceptors (Lipinski definition) is 3. The highest BCUT2D eigenvalue weighted by Gasteiger charge is 2.45. The molecule has 1 saturated heterocycles. The van der Waals surface area contributed by atoms with E-state index < -0.39 is 11.5 Å². The Morgan fingerprint density at radius 2 is 2.00 bits per heavy atom. The van der Waals surface area contributed by atoms with E-state index in [4.69, 9.17) is 0 Å². The van der Waals surface area contributed by atoms with Crippen molar-refractivity contribution in [3.05, 3.63) is 0 Å². The molecule has 21 heavy (non-hydrogen) atoms. The van der Waals surface area contributed by atoms with Crippen LogP contribution >= 0.6 is 0 Å². The van der Waals surface area contributed by atoms with E-state index in [9.17, 15) is 19.5 Å². The number of carbonyl (C=O) groups is 3. The first-order chi connectivity index (χ1) is 9.86. The van der Waals surface area contributed by atoms with Crippen molar-refractivity contribution in [1.82, 2.24) is 15.1 Å². The lowest BCUT2D eigenvalue weighted by atomic mass is 9.89. The van der Waals surface area contributed by atoms with E-state index in [1.165, 1.54) is 16.8 Å². The molecule has 0 aromatic carbocycles. The van der Waals surface area contributed by atoms with Gasteiger partial charge in [0.05, 0.1) is 0 Å². The van der Waals surface area contributed by atoms with Crippen LogP contribution in [0.1, 0.15) is 39.5 Å². The van der Waals surface area contributed by atoms with Crippen molar-refractivity contribution in [1.29, 1.82) is 0 Å². The maximum atomic E-state index is 12.7. The first kappa shape index (κ1) is 17.3. The highest BCUT2D eigenvalue weighted by Crippen LogP contribution is 2.29. The van der Waals surface area contributed by atoms with Gasteiger partial charge in [0.15, 0.2) is 0 Å². The summed E-state index contributed by atoms with van der Waals surface area (Å²) in [5, 5.41) is 12.0. The van der Waals surface area contributed by atoms with E-state index in [-0.39, 0.29) is 18.5 Å². The highest BCUT2D eigenvalue weighted by atomic mass is 16.4. The molecule has 0 spiro atoms. The second-order valence-corrected chi connectivity index (χ2v) is 5.57. The van der Waals surface area contributed by atoms with Gasteiger partial charge in [-0.25, -0.2) is 9.59 Å². The average molecular weight is 299 g/mol. The van der Waals surface area contributed by atoms with Crippen molar-refractivity contribution < 1.29 is 19.5 Å². The highest BCUT2D eigenvalue weighted by molar-refractivity contribution is 5.88. The zero-order chi connectivity index (χ0) is 16.0. The molecule has 2 N–H and O–H groups in total. The monoisotopic (exact) mass is 299 g/mol. The molecule has 0 bridgehead atoms. The molecule has 7 nitrogen and oxygen atoms in total. The Balaban J connectivity index is 2.94. The number of amides is 3. The first-order valence-electron chi connectivity index (χ1n) is 7.37. The number of urea groups is 1. The van der Waals surface area contributed by atoms with Gasteiger partial charge in [0.2, 0.25) is 5.91 Å². The normalized spacial score (nSPS) is 21.8. The predicted molar refractivity (Wildman–Crippen MR) is 77.9 cm³/mol. The van der Waals surface area contributed by atoms with Gasteiger partial charge < -0.3 is 20.2 Å².